The van der Waals surface area contributed by atoms with Gasteiger partial charge in [-0.2, -0.15) is 4.98 Å². The largest absolute Gasteiger partial charge is 0.481 e. The highest BCUT2D eigenvalue weighted by Crippen LogP contribution is 2.33. The second-order valence-corrected chi connectivity index (χ2v) is 12.3. The Morgan fingerprint density at radius 1 is 0.981 bits per heavy atom. The summed E-state index contributed by atoms with van der Waals surface area (Å²) in [5, 5.41) is 40.6. The van der Waals surface area contributed by atoms with E-state index in [1.54, 1.807) is 18.1 Å². The average molecular weight is 749 g/mol. The number of nitrogens with two attached hydrogens (primary N) is 3. The molecule has 1 aromatic carbocycles. The molecular formula is C31H37ClN8O12. The van der Waals surface area contributed by atoms with E-state index in [-0.39, 0.29) is 16.5 Å². The molecule has 1 unspecified atom stereocenters. The molecule has 0 aliphatic carbocycles. The summed E-state index contributed by atoms with van der Waals surface area (Å²) in [6.07, 6.45) is -2.30. The molecule has 2 heterocycles. The van der Waals surface area contributed by atoms with E-state index in [1.165, 1.54) is 18.2 Å². The Morgan fingerprint density at radius 3 is 2.19 bits per heavy atom. The van der Waals surface area contributed by atoms with Gasteiger partial charge in [0.25, 0.3) is 11.5 Å². The molecule has 0 saturated heterocycles. The van der Waals surface area contributed by atoms with Crippen LogP contribution in [0.3, 0.4) is 0 Å². The lowest BCUT2D eigenvalue weighted by Gasteiger charge is -2.33. The number of aromatic nitrogens is 3. The third-order valence-electron chi connectivity index (χ3n) is 8.30. The zero-order chi connectivity index (χ0) is 39.1. The monoisotopic (exact) mass is 748 g/mol. The lowest BCUT2D eigenvalue weighted by atomic mass is 9.69. The first kappa shape index (κ1) is 40.6. The van der Waals surface area contributed by atoms with Crippen molar-refractivity contribution in [1.29, 1.82) is 0 Å². The van der Waals surface area contributed by atoms with E-state index in [9.17, 15) is 53.7 Å². The summed E-state index contributed by atoms with van der Waals surface area (Å²) in [5.74, 6) is -11.1. The van der Waals surface area contributed by atoms with Gasteiger partial charge in [0.2, 0.25) is 5.95 Å². The third-order valence-corrected chi connectivity index (χ3v) is 8.61. The number of likely N-dealkylation sites (N-methyl/N-ethyl adjacent to an activating group) is 1. The van der Waals surface area contributed by atoms with Crippen LogP contribution in [0, 0.1) is 5.41 Å². The molecule has 3 aromatic rings. The Morgan fingerprint density at radius 2 is 1.62 bits per heavy atom. The normalized spacial score (nSPS) is 14.1. The Labute approximate surface area is 298 Å². The number of nitrogens with one attached hydrogen (secondary N) is 3. The Bertz CT molecular complexity index is 1960. The maximum atomic E-state index is 14.0. The van der Waals surface area contributed by atoms with Gasteiger partial charge in [-0.25, -0.2) is 0 Å². The van der Waals surface area contributed by atoms with E-state index in [1.807, 2.05) is 0 Å². The van der Waals surface area contributed by atoms with Gasteiger partial charge in [-0.1, -0.05) is 11.6 Å². The Balaban J connectivity index is 1.91. The number of rotatable bonds is 20. The summed E-state index contributed by atoms with van der Waals surface area (Å²) in [6.45, 7) is 0.326. The predicted molar refractivity (Wildman–Crippen MR) is 183 cm³/mol. The molecule has 0 bridgehead atoms. The average Bonchev–Trinajstić information content (AvgIpc) is 3.48. The van der Waals surface area contributed by atoms with E-state index >= 15 is 0 Å². The van der Waals surface area contributed by atoms with Gasteiger partial charge in [0.1, 0.15) is 11.7 Å². The van der Waals surface area contributed by atoms with Gasteiger partial charge in [0.15, 0.2) is 17.0 Å². The molecule has 1 amide bonds. The number of benzene rings is 1. The molecule has 0 saturated carbocycles. The Hall–Kier alpha value is -5.86. The van der Waals surface area contributed by atoms with Crippen LogP contribution in [0.1, 0.15) is 48.0 Å². The van der Waals surface area contributed by atoms with Crippen LogP contribution in [0.4, 0.5) is 11.6 Å². The fourth-order valence-corrected chi connectivity index (χ4v) is 5.85. The summed E-state index contributed by atoms with van der Waals surface area (Å²) in [7, 11) is 1.68. The first-order valence-electron chi connectivity index (χ1n) is 15.5. The number of carboxylic acids is 4. The lowest BCUT2D eigenvalue weighted by molar-refractivity contribution is -0.162. The van der Waals surface area contributed by atoms with Crippen LogP contribution in [0.25, 0.3) is 11.0 Å². The van der Waals surface area contributed by atoms with Crippen molar-refractivity contribution in [2.45, 2.75) is 56.7 Å². The lowest BCUT2D eigenvalue weighted by Crippen LogP contribution is -2.61. The van der Waals surface area contributed by atoms with Gasteiger partial charge in [0, 0.05) is 44.6 Å². The topological polar surface area (TPSA) is 355 Å². The molecule has 280 valence electrons. The minimum atomic E-state index is -3.32. The number of halogens is 1. The quantitative estimate of drug-likeness (QED) is 0.0640. The van der Waals surface area contributed by atoms with Crippen molar-refractivity contribution in [1.82, 2.24) is 20.3 Å². The van der Waals surface area contributed by atoms with Gasteiger partial charge in [0.05, 0.1) is 28.2 Å². The molecule has 20 nitrogen and oxygen atoms in total. The SMILES string of the molecule is CN(CCc1c[nH]c2nc(N)[nH]c(=O)c12)c1ccc(C(=O)N[C@@H](CCC(=O)O)C(=O)C(C[C@H](N)C(=O)O)(C(=O)O)C(=O)[C@@H](N)CCC(=O)O)cc1Cl. The van der Waals surface area contributed by atoms with Crippen LogP contribution in [0.2, 0.25) is 5.02 Å². The Kier molecular flexibility index (Phi) is 13.2. The molecule has 52 heavy (non-hydrogen) atoms. The highest BCUT2D eigenvalue weighted by Gasteiger charge is 2.57. The highest BCUT2D eigenvalue weighted by molar-refractivity contribution is 6.33. The number of nitrogen functional groups attached to an aromatic ring is 1. The molecule has 4 atom stereocenters. The van der Waals surface area contributed by atoms with E-state index in [0.29, 0.717) is 35.2 Å². The van der Waals surface area contributed by atoms with Crippen LogP contribution < -0.4 is 33.0 Å². The number of ketones is 2. The van der Waals surface area contributed by atoms with E-state index in [0.717, 1.165) is 0 Å². The van der Waals surface area contributed by atoms with Crippen molar-refractivity contribution >= 4 is 75.6 Å². The summed E-state index contributed by atoms with van der Waals surface area (Å²) in [5.41, 5.74) is 14.4. The van der Waals surface area contributed by atoms with Crippen LogP contribution >= 0.6 is 11.6 Å². The molecule has 13 N–H and O–H groups in total. The van der Waals surface area contributed by atoms with E-state index < -0.39 is 103 Å². The number of fused-ring (bicyclic) bond motifs is 1. The summed E-state index contributed by atoms with van der Waals surface area (Å²) >= 11 is 6.50. The molecule has 3 rings (SSSR count). The second-order valence-electron chi connectivity index (χ2n) is 11.9. The maximum Gasteiger partial charge on any atom is 0.325 e. The number of hydrogen-bond donors (Lipinski definition) is 10. The number of H-pyrrole nitrogens is 2. The van der Waals surface area contributed by atoms with Crippen molar-refractivity contribution in [3.63, 3.8) is 0 Å². The number of amides is 1. The molecule has 21 heteroatoms. The first-order valence-corrected chi connectivity index (χ1v) is 15.8. The number of nitrogens with zero attached hydrogens (tertiary/aromatic N) is 2. The molecule has 2 aromatic heterocycles. The van der Waals surface area contributed by atoms with E-state index in [4.69, 9.17) is 33.9 Å². The number of aliphatic carboxylic acids is 4. The number of carboxylic acid groups (broad SMARTS) is 4. The fourth-order valence-electron chi connectivity index (χ4n) is 5.52. The standard InChI is InChI=1S/C31H37ClN8O12/c1-40(9-8-14-12-36-25-22(14)27(48)39-30(35)38-25)19-5-2-13(10-15(19)32)26(47)37-18(4-7-21(43)44)24(46)31(29(51)52,11-17(34)28(49)50)23(45)16(33)3-6-20(41)42/h2,5,10,12,16-18H,3-4,6-9,11,33-34H2,1H3,(H,37,47)(H,41,42)(H,43,44)(H,49,50)(H,51,52)(H4,35,36,38,39,48)/t16-,17-,18-,31?/m0/s1. The zero-order valence-electron chi connectivity index (χ0n) is 27.6. The van der Waals surface area contributed by atoms with Gasteiger partial charge in [-0.15, -0.1) is 0 Å². The number of anilines is 2. The molecule has 0 aliphatic rings. The van der Waals surface area contributed by atoms with Gasteiger partial charge < -0.3 is 52.8 Å². The van der Waals surface area contributed by atoms with Gasteiger partial charge in [-0.3, -0.25) is 43.3 Å². The summed E-state index contributed by atoms with van der Waals surface area (Å²) in [6, 6.07) is -2.07. The third kappa shape index (κ3) is 9.27. The molecule has 0 radical (unpaired) electrons. The molecule has 0 fully saturated rings. The van der Waals surface area contributed by atoms with Crippen LogP contribution in [0.15, 0.2) is 29.2 Å². The van der Waals surface area contributed by atoms with Crippen molar-refractivity contribution in [2.24, 2.45) is 16.9 Å². The van der Waals surface area contributed by atoms with Crippen molar-refractivity contribution in [2.75, 3.05) is 24.2 Å². The number of aromatic amines is 2. The van der Waals surface area contributed by atoms with Crippen LogP contribution in [0.5, 0.6) is 0 Å². The number of Topliss-reactive ketones (excluding diaryl/α,β-unsaturated/α-hetero) is 2. The van der Waals surface area contributed by atoms with Crippen molar-refractivity contribution < 1.29 is 54.0 Å². The molecule has 0 aliphatic heterocycles. The molecular weight excluding hydrogens is 712 g/mol. The van der Waals surface area contributed by atoms with Gasteiger partial charge >= 0.3 is 23.9 Å². The number of hydrogen-bond acceptors (Lipinski definition) is 13. The second kappa shape index (κ2) is 16.9. The van der Waals surface area contributed by atoms with Crippen LogP contribution in [-0.4, -0.2) is 108 Å². The zero-order valence-corrected chi connectivity index (χ0v) is 28.3. The van der Waals surface area contributed by atoms with Crippen LogP contribution in [-0.2, 0) is 35.2 Å². The fraction of sp³-hybridized carbons (Fsp3) is 0.387. The van der Waals surface area contributed by atoms with Crippen molar-refractivity contribution in [3.8, 4) is 0 Å². The minimum Gasteiger partial charge on any atom is -0.481 e. The predicted octanol–water partition coefficient (Wildman–Crippen LogP) is -0.668. The summed E-state index contributed by atoms with van der Waals surface area (Å²) in [4.78, 5) is 111. The summed E-state index contributed by atoms with van der Waals surface area (Å²) < 4.78 is 0. The number of carbonyl (C=O) groups is 7. The van der Waals surface area contributed by atoms with E-state index in [2.05, 4.69) is 20.3 Å². The maximum absolute atomic E-state index is 14.0. The smallest absolute Gasteiger partial charge is 0.325 e. The minimum absolute atomic E-state index is 0.0432. The highest BCUT2D eigenvalue weighted by atomic mass is 35.5. The number of carbonyl (C=O) groups excluding carboxylic acids is 3. The first-order chi connectivity index (χ1) is 24.3. The van der Waals surface area contributed by atoms with Gasteiger partial charge in [-0.05, 0) is 43.0 Å². The molecule has 0 spiro atoms. The van der Waals surface area contributed by atoms with Crippen molar-refractivity contribution in [3.05, 3.63) is 50.9 Å².